The molecule has 2 heterocycles. The molecule has 1 aliphatic carbocycles. The van der Waals surface area contributed by atoms with Gasteiger partial charge in [-0.1, -0.05) is 29.3 Å². The van der Waals surface area contributed by atoms with Crippen LogP contribution in [0.4, 0.5) is 0 Å². The molecule has 0 bridgehead atoms. The maximum absolute atomic E-state index is 12.5. The fourth-order valence-electron chi connectivity index (χ4n) is 2.97. The van der Waals surface area contributed by atoms with Gasteiger partial charge in [0.05, 0.1) is 23.0 Å². The van der Waals surface area contributed by atoms with Crippen molar-refractivity contribution in [3.63, 3.8) is 0 Å². The SMILES string of the molecule is O=C(Cc1ccc(Cl)c(Cl)c1)N1CCn2c(nnc2C2CC2)C1. The van der Waals surface area contributed by atoms with Gasteiger partial charge in [-0.05, 0) is 30.5 Å². The van der Waals surface area contributed by atoms with Crippen molar-refractivity contribution in [2.75, 3.05) is 6.54 Å². The predicted molar refractivity (Wildman–Crippen MR) is 87.6 cm³/mol. The first-order valence-corrected chi connectivity index (χ1v) is 8.51. The number of aromatic nitrogens is 3. The third kappa shape index (κ3) is 2.95. The molecule has 0 unspecified atom stereocenters. The van der Waals surface area contributed by atoms with Crippen molar-refractivity contribution < 1.29 is 4.79 Å². The number of halogens is 2. The van der Waals surface area contributed by atoms with Gasteiger partial charge in [0.2, 0.25) is 5.91 Å². The average molecular weight is 351 g/mol. The van der Waals surface area contributed by atoms with E-state index in [-0.39, 0.29) is 5.91 Å². The highest BCUT2D eigenvalue weighted by Crippen LogP contribution is 2.39. The van der Waals surface area contributed by atoms with E-state index in [0.29, 0.717) is 35.5 Å². The first-order chi connectivity index (χ1) is 11.1. The average Bonchev–Trinajstić information content (AvgIpc) is 3.30. The maximum Gasteiger partial charge on any atom is 0.227 e. The second kappa shape index (κ2) is 5.80. The molecule has 23 heavy (non-hydrogen) atoms. The Morgan fingerprint density at radius 3 is 2.74 bits per heavy atom. The Balaban J connectivity index is 1.46. The van der Waals surface area contributed by atoms with Crippen LogP contribution in [0.2, 0.25) is 10.0 Å². The van der Waals surface area contributed by atoms with E-state index in [1.807, 2.05) is 11.0 Å². The van der Waals surface area contributed by atoms with Crippen molar-refractivity contribution in [1.29, 1.82) is 0 Å². The third-order valence-corrected chi connectivity index (χ3v) is 5.16. The van der Waals surface area contributed by atoms with Crippen molar-refractivity contribution in [3.8, 4) is 0 Å². The molecule has 0 atom stereocenters. The summed E-state index contributed by atoms with van der Waals surface area (Å²) in [7, 11) is 0. The third-order valence-electron chi connectivity index (χ3n) is 4.42. The monoisotopic (exact) mass is 350 g/mol. The normalized spacial score (nSPS) is 17.2. The van der Waals surface area contributed by atoms with Gasteiger partial charge in [0, 0.05) is 19.0 Å². The minimum atomic E-state index is 0.0746. The summed E-state index contributed by atoms with van der Waals surface area (Å²) in [4.78, 5) is 14.4. The van der Waals surface area contributed by atoms with Crippen molar-refractivity contribution in [1.82, 2.24) is 19.7 Å². The summed E-state index contributed by atoms with van der Waals surface area (Å²) >= 11 is 11.9. The van der Waals surface area contributed by atoms with E-state index >= 15 is 0 Å². The molecule has 1 aromatic heterocycles. The number of carbonyl (C=O) groups excluding carboxylic acids is 1. The molecule has 1 saturated carbocycles. The topological polar surface area (TPSA) is 51.0 Å². The molecule has 1 amide bonds. The van der Waals surface area contributed by atoms with E-state index in [1.54, 1.807) is 12.1 Å². The lowest BCUT2D eigenvalue weighted by atomic mass is 10.1. The van der Waals surface area contributed by atoms with Crippen LogP contribution in [0.5, 0.6) is 0 Å². The summed E-state index contributed by atoms with van der Waals surface area (Å²) in [5.74, 6) is 2.64. The predicted octanol–water partition coefficient (Wildman–Crippen LogP) is 3.05. The number of hydrogen-bond acceptors (Lipinski definition) is 3. The van der Waals surface area contributed by atoms with E-state index in [9.17, 15) is 4.79 Å². The van der Waals surface area contributed by atoms with Gasteiger partial charge in [-0.25, -0.2) is 0 Å². The van der Waals surface area contributed by atoms with Crippen molar-refractivity contribution in [3.05, 3.63) is 45.5 Å². The van der Waals surface area contributed by atoms with Crippen molar-refractivity contribution >= 4 is 29.1 Å². The Morgan fingerprint density at radius 2 is 2.00 bits per heavy atom. The van der Waals surface area contributed by atoms with E-state index in [0.717, 1.165) is 23.8 Å². The summed E-state index contributed by atoms with van der Waals surface area (Å²) < 4.78 is 2.18. The number of carbonyl (C=O) groups is 1. The zero-order valence-corrected chi connectivity index (χ0v) is 14.0. The van der Waals surface area contributed by atoms with Crippen LogP contribution in [0.25, 0.3) is 0 Å². The van der Waals surface area contributed by atoms with E-state index in [4.69, 9.17) is 23.2 Å². The van der Waals surface area contributed by atoms with Gasteiger partial charge in [-0.3, -0.25) is 4.79 Å². The van der Waals surface area contributed by atoms with Gasteiger partial charge < -0.3 is 9.47 Å². The molecule has 0 radical (unpaired) electrons. The first-order valence-electron chi connectivity index (χ1n) is 7.75. The Morgan fingerprint density at radius 1 is 1.17 bits per heavy atom. The molecule has 0 spiro atoms. The van der Waals surface area contributed by atoms with Crippen molar-refractivity contribution in [2.45, 2.75) is 38.3 Å². The molecule has 2 aliphatic rings. The number of hydrogen-bond donors (Lipinski definition) is 0. The van der Waals surface area contributed by atoms with Crippen LogP contribution in [0, 0.1) is 0 Å². The molecule has 2 aromatic rings. The molecular weight excluding hydrogens is 335 g/mol. The lowest BCUT2D eigenvalue weighted by Crippen LogP contribution is -2.39. The molecule has 1 fully saturated rings. The zero-order chi connectivity index (χ0) is 16.0. The largest absolute Gasteiger partial charge is 0.333 e. The highest BCUT2D eigenvalue weighted by atomic mass is 35.5. The van der Waals surface area contributed by atoms with E-state index < -0.39 is 0 Å². The maximum atomic E-state index is 12.5. The van der Waals surface area contributed by atoms with Gasteiger partial charge in [-0.15, -0.1) is 10.2 Å². The standard InChI is InChI=1S/C16H16Cl2N4O/c17-12-4-1-10(7-13(12)18)8-15(23)21-5-6-22-14(9-21)19-20-16(22)11-2-3-11/h1,4,7,11H,2-3,5-6,8-9H2. The minimum Gasteiger partial charge on any atom is -0.333 e. The summed E-state index contributed by atoms with van der Waals surface area (Å²) in [5.41, 5.74) is 0.870. The minimum absolute atomic E-state index is 0.0746. The molecule has 120 valence electrons. The summed E-state index contributed by atoms with van der Waals surface area (Å²) in [6.45, 7) is 2.01. The Labute approximate surface area is 144 Å². The molecular formula is C16H16Cl2N4O. The molecule has 0 saturated heterocycles. The number of fused-ring (bicyclic) bond motifs is 1. The molecule has 5 nitrogen and oxygen atoms in total. The van der Waals surface area contributed by atoms with Crippen LogP contribution < -0.4 is 0 Å². The van der Waals surface area contributed by atoms with Crippen molar-refractivity contribution in [2.24, 2.45) is 0 Å². The summed E-state index contributed by atoms with van der Waals surface area (Å²) in [6.07, 6.45) is 2.73. The number of benzene rings is 1. The Hall–Kier alpha value is -1.59. The van der Waals surface area contributed by atoms with E-state index in [2.05, 4.69) is 14.8 Å². The summed E-state index contributed by atoms with van der Waals surface area (Å²) in [5, 5.41) is 9.54. The lowest BCUT2D eigenvalue weighted by molar-refractivity contribution is -0.132. The first kappa shape index (κ1) is 15.0. The quantitative estimate of drug-likeness (QED) is 0.854. The van der Waals surface area contributed by atoms with Crippen LogP contribution in [-0.2, 0) is 24.3 Å². The summed E-state index contributed by atoms with van der Waals surface area (Å²) in [6, 6.07) is 5.31. The van der Waals surface area contributed by atoms with Crippen LogP contribution in [0.1, 0.15) is 36.0 Å². The second-order valence-corrected chi connectivity index (χ2v) is 6.96. The Bertz CT molecular complexity index is 769. The zero-order valence-electron chi connectivity index (χ0n) is 12.5. The fourth-order valence-corrected chi connectivity index (χ4v) is 3.29. The van der Waals surface area contributed by atoms with Crippen LogP contribution >= 0.6 is 23.2 Å². The fraction of sp³-hybridized carbons (Fsp3) is 0.438. The molecule has 1 aliphatic heterocycles. The van der Waals surface area contributed by atoms with Gasteiger partial charge in [0.15, 0.2) is 5.82 Å². The highest BCUT2D eigenvalue weighted by Gasteiger charge is 2.32. The molecule has 1 aromatic carbocycles. The molecule has 4 rings (SSSR count). The number of amides is 1. The van der Waals surface area contributed by atoms with Gasteiger partial charge in [0.25, 0.3) is 0 Å². The molecule has 7 heteroatoms. The Kier molecular flexibility index (Phi) is 3.77. The smallest absolute Gasteiger partial charge is 0.227 e. The van der Waals surface area contributed by atoms with Crippen LogP contribution in [0.3, 0.4) is 0 Å². The number of nitrogens with zero attached hydrogens (tertiary/aromatic N) is 4. The van der Waals surface area contributed by atoms with Gasteiger partial charge >= 0.3 is 0 Å². The number of rotatable bonds is 3. The van der Waals surface area contributed by atoms with Crippen LogP contribution in [-0.4, -0.2) is 32.1 Å². The van der Waals surface area contributed by atoms with Gasteiger partial charge in [0.1, 0.15) is 5.82 Å². The molecule has 0 N–H and O–H groups in total. The van der Waals surface area contributed by atoms with Crippen LogP contribution in [0.15, 0.2) is 18.2 Å². The van der Waals surface area contributed by atoms with Gasteiger partial charge in [-0.2, -0.15) is 0 Å². The second-order valence-electron chi connectivity index (χ2n) is 6.14. The lowest BCUT2D eigenvalue weighted by Gasteiger charge is -2.28. The van der Waals surface area contributed by atoms with E-state index in [1.165, 1.54) is 12.8 Å². The highest BCUT2D eigenvalue weighted by molar-refractivity contribution is 6.42.